The first-order valence-electron chi connectivity index (χ1n) is 5.75. The standard InChI is InChI=1S/C13H18BrNO3/c1-10(11-5-3-4-6-12(11)14)15-13(16)9-18-8-7-17-2/h3-6,10H,7-9H2,1-2H3,(H,15,16)/t10-/m0/s1. The van der Waals surface area contributed by atoms with Crippen LogP contribution in [0, 0.1) is 0 Å². The molecular weight excluding hydrogens is 298 g/mol. The Hall–Kier alpha value is -0.910. The van der Waals surface area contributed by atoms with E-state index in [0.717, 1.165) is 10.0 Å². The minimum absolute atomic E-state index is 0.0537. The summed E-state index contributed by atoms with van der Waals surface area (Å²) in [5.41, 5.74) is 1.04. The van der Waals surface area contributed by atoms with Crippen LogP contribution >= 0.6 is 15.9 Å². The number of benzene rings is 1. The molecule has 0 aliphatic carbocycles. The average molecular weight is 316 g/mol. The van der Waals surface area contributed by atoms with E-state index in [4.69, 9.17) is 9.47 Å². The highest BCUT2D eigenvalue weighted by Crippen LogP contribution is 2.22. The Morgan fingerprint density at radius 1 is 1.39 bits per heavy atom. The summed E-state index contributed by atoms with van der Waals surface area (Å²) >= 11 is 3.46. The maximum Gasteiger partial charge on any atom is 0.246 e. The van der Waals surface area contributed by atoms with Gasteiger partial charge in [-0.1, -0.05) is 34.1 Å². The molecule has 5 heteroatoms. The first-order chi connectivity index (χ1) is 8.65. The van der Waals surface area contributed by atoms with Crippen LogP contribution < -0.4 is 5.32 Å². The SMILES string of the molecule is COCCOCC(=O)N[C@@H](C)c1ccccc1Br. The Kier molecular flexibility index (Phi) is 6.93. The lowest BCUT2D eigenvalue weighted by molar-refractivity contribution is -0.126. The van der Waals surface area contributed by atoms with E-state index in [9.17, 15) is 4.79 Å². The molecule has 1 aromatic rings. The van der Waals surface area contributed by atoms with E-state index in [1.165, 1.54) is 0 Å². The van der Waals surface area contributed by atoms with Gasteiger partial charge in [-0.2, -0.15) is 0 Å². The van der Waals surface area contributed by atoms with E-state index >= 15 is 0 Å². The van der Waals surface area contributed by atoms with Crippen LogP contribution in [0.2, 0.25) is 0 Å². The lowest BCUT2D eigenvalue weighted by Crippen LogP contribution is -2.30. The predicted molar refractivity (Wildman–Crippen MR) is 73.4 cm³/mol. The lowest BCUT2D eigenvalue weighted by atomic mass is 10.1. The lowest BCUT2D eigenvalue weighted by Gasteiger charge is -2.15. The highest BCUT2D eigenvalue weighted by molar-refractivity contribution is 9.10. The van der Waals surface area contributed by atoms with Crippen molar-refractivity contribution in [2.75, 3.05) is 26.9 Å². The minimum atomic E-state index is -0.130. The van der Waals surface area contributed by atoms with E-state index in [1.807, 2.05) is 31.2 Å². The van der Waals surface area contributed by atoms with Crippen LogP contribution in [0.4, 0.5) is 0 Å². The number of methoxy groups -OCH3 is 1. The Morgan fingerprint density at radius 2 is 2.11 bits per heavy atom. The first kappa shape index (κ1) is 15.1. The molecule has 1 aromatic carbocycles. The zero-order valence-corrected chi connectivity index (χ0v) is 12.2. The number of hydrogen-bond donors (Lipinski definition) is 1. The van der Waals surface area contributed by atoms with Crippen LogP contribution in [-0.4, -0.2) is 32.8 Å². The molecule has 0 heterocycles. The minimum Gasteiger partial charge on any atom is -0.382 e. The van der Waals surface area contributed by atoms with Crippen LogP contribution in [0.1, 0.15) is 18.5 Å². The third kappa shape index (κ3) is 5.16. The molecule has 0 unspecified atom stereocenters. The molecule has 4 nitrogen and oxygen atoms in total. The van der Waals surface area contributed by atoms with Crippen molar-refractivity contribution in [3.63, 3.8) is 0 Å². The van der Waals surface area contributed by atoms with E-state index in [2.05, 4.69) is 21.2 Å². The van der Waals surface area contributed by atoms with Crippen LogP contribution in [0.25, 0.3) is 0 Å². The fourth-order valence-electron chi connectivity index (χ4n) is 1.49. The number of ether oxygens (including phenoxy) is 2. The first-order valence-corrected chi connectivity index (χ1v) is 6.55. The van der Waals surface area contributed by atoms with Crippen molar-refractivity contribution in [2.24, 2.45) is 0 Å². The fourth-order valence-corrected chi connectivity index (χ4v) is 2.12. The molecule has 0 fully saturated rings. The van der Waals surface area contributed by atoms with Crippen molar-refractivity contribution < 1.29 is 14.3 Å². The van der Waals surface area contributed by atoms with E-state index in [0.29, 0.717) is 13.2 Å². The number of amides is 1. The number of carbonyl (C=O) groups is 1. The van der Waals surface area contributed by atoms with Gasteiger partial charge in [-0.25, -0.2) is 0 Å². The van der Waals surface area contributed by atoms with Gasteiger partial charge in [-0.05, 0) is 18.6 Å². The maximum absolute atomic E-state index is 11.6. The van der Waals surface area contributed by atoms with E-state index in [-0.39, 0.29) is 18.6 Å². The molecule has 1 N–H and O–H groups in total. The quantitative estimate of drug-likeness (QED) is 0.785. The van der Waals surface area contributed by atoms with Crippen LogP contribution in [0.3, 0.4) is 0 Å². The molecule has 0 spiro atoms. The van der Waals surface area contributed by atoms with Crippen LogP contribution in [0.15, 0.2) is 28.7 Å². The van der Waals surface area contributed by atoms with Crippen LogP contribution in [-0.2, 0) is 14.3 Å². The number of rotatable bonds is 7. The number of hydrogen-bond acceptors (Lipinski definition) is 3. The molecule has 1 atom stereocenters. The predicted octanol–water partition coefficient (Wildman–Crippen LogP) is 2.29. The largest absolute Gasteiger partial charge is 0.382 e. The van der Waals surface area contributed by atoms with E-state index in [1.54, 1.807) is 7.11 Å². The molecule has 1 amide bonds. The van der Waals surface area contributed by atoms with Gasteiger partial charge < -0.3 is 14.8 Å². The molecule has 0 aliphatic heterocycles. The summed E-state index contributed by atoms with van der Waals surface area (Å²) in [5, 5.41) is 2.88. The van der Waals surface area contributed by atoms with Gasteiger partial charge in [0.05, 0.1) is 19.3 Å². The highest BCUT2D eigenvalue weighted by atomic mass is 79.9. The summed E-state index contributed by atoms with van der Waals surface area (Å²) in [7, 11) is 1.60. The second kappa shape index (κ2) is 8.24. The molecule has 0 radical (unpaired) electrons. The zero-order valence-electron chi connectivity index (χ0n) is 10.6. The van der Waals surface area contributed by atoms with Gasteiger partial charge in [0.1, 0.15) is 6.61 Å². The molecule has 0 aliphatic rings. The van der Waals surface area contributed by atoms with Gasteiger partial charge in [0.15, 0.2) is 0 Å². The van der Waals surface area contributed by atoms with Gasteiger partial charge in [0.2, 0.25) is 5.91 Å². The number of halogens is 1. The molecule has 100 valence electrons. The molecular formula is C13H18BrNO3. The van der Waals surface area contributed by atoms with Crippen molar-refractivity contribution in [1.29, 1.82) is 0 Å². The van der Waals surface area contributed by atoms with Gasteiger partial charge in [0, 0.05) is 11.6 Å². The van der Waals surface area contributed by atoms with Crippen molar-refractivity contribution >= 4 is 21.8 Å². The molecule has 0 bridgehead atoms. The van der Waals surface area contributed by atoms with Crippen molar-refractivity contribution in [1.82, 2.24) is 5.32 Å². The summed E-state index contributed by atoms with van der Waals surface area (Å²) in [6.07, 6.45) is 0. The topological polar surface area (TPSA) is 47.6 Å². The smallest absolute Gasteiger partial charge is 0.246 e. The Bertz CT molecular complexity index is 384. The Labute approximate surface area is 116 Å². The molecule has 0 saturated heterocycles. The summed E-state index contributed by atoms with van der Waals surface area (Å²) in [6.45, 7) is 2.91. The molecule has 18 heavy (non-hydrogen) atoms. The Morgan fingerprint density at radius 3 is 2.78 bits per heavy atom. The second-order valence-corrected chi connectivity index (χ2v) is 4.71. The highest BCUT2D eigenvalue weighted by Gasteiger charge is 2.11. The Balaban J connectivity index is 2.38. The van der Waals surface area contributed by atoms with Crippen molar-refractivity contribution in [2.45, 2.75) is 13.0 Å². The normalized spacial score (nSPS) is 12.2. The molecule has 0 saturated carbocycles. The second-order valence-electron chi connectivity index (χ2n) is 3.86. The van der Waals surface area contributed by atoms with Gasteiger partial charge in [-0.3, -0.25) is 4.79 Å². The third-order valence-electron chi connectivity index (χ3n) is 2.41. The van der Waals surface area contributed by atoms with Crippen LogP contribution in [0.5, 0.6) is 0 Å². The monoisotopic (exact) mass is 315 g/mol. The number of carbonyl (C=O) groups excluding carboxylic acids is 1. The molecule has 1 rings (SSSR count). The third-order valence-corrected chi connectivity index (χ3v) is 3.14. The number of nitrogens with one attached hydrogen (secondary N) is 1. The zero-order chi connectivity index (χ0) is 13.4. The fraction of sp³-hybridized carbons (Fsp3) is 0.462. The van der Waals surface area contributed by atoms with Crippen molar-refractivity contribution in [3.05, 3.63) is 34.3 Å². The maximum atomic E-state index is 11.6. The summed E-state index contributed by atoms with van der Waals surface area (Å²) < 4.78 is 11.0. The van der Waals surface area contributed by atoms with Crippen molar-refractivity contribution in [3.8, 4) is 0 Å². The van der Waals surface area contributed by atoms with Gasteiger partial charge >= 0.3 is 0 Å². The summed E-state index contributed by atoms with van der Waals surface area (Å²) in [6, 6.07) is 7.75. The van der Waals surface area contributed by atoms with E-state index < -0.39 is 0 Å². The average Bonchev–Trinajstić information content (AvgIpc) is 2.35. The summed E-state index contributed by atoms with van der Waals surface area (Å²) in [4.78, 5) is 11.6. The molecule has 0 aromatic heterocycles. The summed E-state index contributed by atoms with van der Waals surface area (Å²) in [5.74, 6) is -0.130. The van der Waals surface area contributed by atoms with Gasteiger partial charge in [0.25, 0.3) is 0 Å². The van der Waals surface area contributed by atoms with Gasteiger partial charge in [-0.15, -0.1) is 0 Å².